The fraction of sp³-hybridized carbons (Fsp3) is 0.125. The molecule has 61 valence electrons. The lowest BCUT2D eigenvalue weighted by Gasteiger charge is -2.00. The molecule has 0 saturated carbocycles. The topological polar surface area (TPSA) is 37.3 Å². The van der Waals surface area contributed by atoms with Crippen molar-refractivity contribution in [2.24, 2.45) is 0 Å². The van der Waals surface area contributed by atoms with Gasteiger partial charge in [0, 0.05) is 0 Å². The molecule has 4 heteroatoms. The highest BCUT2D eigenvalue weighted by atomic mass is 35.5. The van der Waals surface area contributed by atoms with Crippen LogP contribution in [0.25, 0.3) is 0 Å². The van der Waals surface area contributed by atoms with E-state index in [9.17, 15) is 4.79 Å². The average molecular weight is 181 g/mol. The normalized spacial score (nSPS) is 9.50. The van der Waals surface area contributed by atoms with Gasteiger partial charge in [-0.15, -0.1) is 0 Å². The molecule has 1 N–H and O–H groups in total. The smallest absolute Gasteiger partial charge is 0.337 e. The summed E-state index contributed by atoms with van der Waals surface area (Å²) in [6, 6.07) is 4.90. The predicted molar refractivity (Wildman–Crippen MR) is 49.7 cm³/mol. The van der Waals surface area contributed by atoms with Gasteiger partial charge in [-0.25, -0.2) is 4.79 Å². The van der Waals surface area contributed by atoms with E-state index in [4.69, 9.17) is 16.7 Å². The molecule has 0 saturated heterocycles. The van der Waals surface area contributed by atoms with Gasteiger partial charge in [-0.1, -0.05) is 36.0 Å². The Balaban J connectivity index is 3.17. The number of aromatic carboxylic acids is 1. The lowest BCUT2D eigenvalue weighted by molar-refractivity contribution is 0.0697. The average Bonchev–Trinajstić information content (AvgIpc) is 2.05. The van der Waals surface area contributed by atoms with E-state index in [0.717, 1.165) is 5.46 Å². The predicted octanol–water partition coefficient (Wildman–Crippen LogP) is 1.42. The maximum atomic E-state index is 10.6. The van der Waals surface area contributed by atoms with Gasteiger partial charge in [0.05, 0.1) is 10.6 Å². The maximum absolute atomic E-state index is 10.6. The molecule has 0 fully saturated rings. The van der Waals surface area contributed by atoms with Gasteiger partial charge in [0.2, 0.25) is 0 Å². The zero-order valence-corrected chi connectivity index (χ0v) is 7.30. The largest absolute Gasteiger partial charge is 0.478 e. The van der Waals surface area contributed by atoms with Crippen LogP contribution in [0.3, 0.4) is 0 Å². The zero-order valence-electron chi connectivity index (χ0n) is 6.54. The number of carboxylic acids is 1. The van der Waals surface area contributed by atoms with Crippen LogP contribution in [0.2, 0.25) is 11.8 Å². The van der Waals surface area contributed by atoms with Crippen LogP contribution in [-0.2, 0) is 0 Å². The van der Waals surface area contributed by atoms with Gasteiger partial charge in [-0.3, -0.25) is 0 Å². The molecule has 1 radical (unpaired) electrons. The molecule has 0 heterocycles. The minimum atomic E-state index is -0.997. The Morgan fingerprint density at radius 3 is 2.75 bits per heavy atom. The molecule has 0 aromatic heterocycles. The second-order valence-electron chi connectivity index (χ2n) is 2.33. The van der Waals surface area contributed by atoms with Crippen LogP contribution in [0, 0.1) is 0 Å². The summed E-state index contributed by atoms with van der Waals surface area (Å²) in [6.45, 7) is 1.84. The molecule has 0 aliphatic heterocycles. The Morgan fingerprint density at radius 2 is 2.25 bits per heavy atom. The molecule has 2 nitrogen and oxygen atoms in total. The zero-order chi connectivity index (χ0) is 9.14. The van der Waals surface area contributed by atoms with Gasteiger partial charge >= 0.3 is 5.97 Å². The third-order valence-corrected chi connectivity index (χ3v) is 1.88. The highest BCUT2D eigenvalue weighted by Gasteiger charge is 2.07. The van der Waals surface area contributed by atoms with Gasteiger partial charge in [-0.05, 0) is 6.07 Å². The Kier molecular flexibility index (Phi) is 2.76. The first kappa shape index (κ1) is 9.14. The van der Waals surface area contributed by atoms with Crippen LogP contribution >= 0.6 is 11.6 Å². The number of halogens is 1. The van der Waals surface area contributed by atoms with Crippen molar-refractivity contribution in [3.05, 3.63) is 28.8 Å². The summed E-state index contributed by atoms with van der Waals surface area (Å²) in [7, 11) is 1.82. The highest BCUT2D eigenvalue weighted by Crippen LogP contribution is 2.13. The molecule has 0 bridgehead atoms. The standard InChI is InChI=1S/C8H7BClO2/c1-9-5-2-3-7(10)6(4-5)8(11)12/h2-4H,1H3,(H,11,12). The second-order valence-corrected chi connectivity index (χ2v) is 2.74. The van der Waals surface area contributed by atoms with E-state index < -0.39 is 5.97 Å². The molecule has 12 heavy (non-hydrogen) atoms. The summed E-state index contributed by atoms with van der Waals surface area (Å²) in [5.74, 6) is -0.997. The van der Waals surface area contributed by atoms with Crippen molar-refractivity contribution < 1.29 is 9.90 Å². The third-order valence-electron chi connectivity index (χ3n) is 1.55. The van der Waals surface area contributed by atoms with E-state index in [1.165, 1.54) is 0 Å². The van der Waals surface area contributed by atoms with Crippen LogP contribution in [0.1, 0.15) is 10.4 Å². The summed E-state index contributed by atoms with van der Waals surface area (Å²) < 4.78 is 0. The summed E-state index contributed by atoms with van der Waals surface area (Å²) >= 11 is 5.65. The Labute approximate surface area is 76.4 Å². The van der Waals surface area contributed by atoms with E-state index in [-0.39, 0.29) is 10.6 Å². The molecule has 1 rings (SSSR count). The van der Waals surface area contributed by atoms with E-state index in [0.29, 0.717) is 0 Å². The summed E-state index contributed by atoms with van der Waals surface area (Å²) in [5.41, 5.74) is 1.00. The maximum Gasteiger partial charge on any atom is 0.337 e. The van der Waals surface area contributed by atoms with Crippen molar-refractivity contribution in [1.29, 1.82) is 0 Å². The molecule has 0 unspecified atom stereocenters. The fourth-order valence-corrected chi connectivity index (χ4v) is 1.08. The minimum Gasteiger partial charge on any atom is -0.478 e. The Morgan fingerprint density at radius 1 is 1.58 bits per heavy atom. The molecule has 0 spiro atoms. The number of hydrogen-bond donors (Lipinski definition) is 1. The Bertz CT molecular complexity index is 312. The van der Waals surface area contributed by atoms with Crippen LogP contribution in [-0.4, -0.2) is 18.4 Å². The molecular weight excluding hydrogens is 174 g/mol. The van der Waals surface area contributed by atoms with Gasteiger partial charge < -0.3 is 5.11 Å². The van der Waals surface area contributed by atoms with Gasteiger partial charge in [-0.2, -0.15) is 0 Å². The van der Waals surface area contributed by atoms with E-state index >= 15 is 0 Å². The molecule has 0 atom stereocenters. The number of rotatable bonds is 2. The van der Waals surface area contributed by atoms with Crippen LogP contribution < -0.4 is 5.46 Å². The molecule has 0 amide bonds. The summed E-state index contributed by atoms with van der Waals surface area (Å²) in [4.78, 5) is 10.6. The van der Waals surface area contributed by atoms with Crippen molar-refractivity contribution in [2.45, 2.75) is 6.82 Å². The molecule has 1 aromatic rings. The SMILES string of the molecule is C[B]c1ccc(Cl)c(C(=O)O)c1. The monoisotopic (exact) mass is 181 g/mol. The number of hydrogen-bond acceptors (Lipinski definition) is 1. The number of carbonyl (C=O) groups is 1. The van der Waals surface area contributed by atoms with Crippen LogP contribution in [0.15, 0.2) is 18.2 Å². The van der Waals surface area contributed by atoms with E-state index in [2.05, 4.69) is 0 Å². The number of benzene rings is 1. The third kappa shape index (κ3) is 1.80. The summed E-state index contributed by atoms with van der Waals surface area (Å²) in [5, 5.41) is 8.96. The van der Waals surface area contributed by atoms with Crippen LogP contribution in [0.5, 0.6) is 0 Å². The summed E-state index contributed by atoms with van der Waals surface area (Å²) in [6.07, 6.45) is 0. The van der Waals surface area contributed by atoms with Gasteiger partial charge in [0.1, 0.15) is 7.28 Å². The fourth-order valence-electron chi connectivity index (χ4n) is 0.886. The first-order chi connectivity index (χ1) is 5.65. The first-order valence-electron chi connectivity index (χ1n) is 3.47. The molecule has 0 aliphatic carbocycles. The Hall–Kier alpha value is -0.955. The second kappa shape index (κ2) is 3.63. The first-order valence-corrected chi connectivity index (χ1v) is 3.85. The lowest BCUT2D eigenvalue weighted by Crippen LogP contribution is -2.13. The van der Waals surface area contributed by atoms with E-state index in [1.54, 1.807) is 18.2 Å². The van der Waals surface area contributed by atoms with Crippen molar-refractivity contribution in [2.75, 3.05) is 0 Å². The van der Waals surface area contributed by atoms with Gasteiger partial charge in [0.25, 0.3) is 0 Å². The van der Waals surface area contributed by atoms with Crippen LogP contribution in [0.4, 0.5) is 0 Å². The quantitative estimate of drug-likeness (QED) is 0.701. The molecule has 1 aromatic carbocycles. The highest BCUT2D eigenvalue weighted by molar-refractivity contribution is 6.52. The molecule has 0 aliphatic rings. The van der Waals surface area contributed by atoms with E-state index in [1.807, 2.05) is 14.1 Å². The van der Waals surface area contributed by atoms with Crippen molar-refractivity contribution in [1.82, 2.24) is 0 Å². The number of carboxylic acid groups (broad SMARTS) is 1. The van der Waals surface area contributed by atoms with Crippen molar-refractivity contribution >= 4 is 30.3 Å². The molecular formula is C8H7BClO2. The van der Waals surface area contributed by atoms with Gasteiger partial charge in [0.15, 0.2) is 0 Å². The van der Waals surface area contributed by atoms with Crippen molar-refractivity contribution in [3.63, 3.8) is 0 Å². The minimum absolute atomic E-state index is 0.146. The lowest BCUT2D eigenvalue weighted by atomic mass is 9.73. The van der Waals surface area contributed by atoms with Crippen molar-refractivity contribution in [3.8, 4) is 0 Å².